The van der Waals surface area contributed by atoms with E-state index in [9.17, 15) is 0 Å². The summed E-state index contributed by atoms with van der Waals surface area (Å²) in [5.74, 6) is 1.50. The van der Waals surface area contributed by atoms with E-state index in [4.69, 9.17) is 0 Å². The van der Waals surface area contributed by atoms with Gasteiger partial charge in [0.25, 0.3) is 0 Å². The van der Waals surface area contributed by atoms with Crippen LogP contribution in [0.3, 0.4) is 0 Å². The number of nitrogens with zero attached hydrogens (tertiary/aromatic N) is 2. The van der Waals surface area contributed by atoms with Gasteiger partial charge in [0.2, 0.25) is 0 Å². The Labute approximate surface area is 98.7 Å². The predicted molar refractivity (Wildman–Crippen MR) is 67.3 cm³/mol. The van der Waals surface area contributed by atoms with Crippen molar-refractivity contribution in [2.24, 2.45) is 5.92 Å². The van der Waals surface area contributed by atoms with E-state index in [0.29, 0.717) is 5.92 Å². The molecule has 0 aromatic carbocycles. The highest BCUT2D eigenvalue weighted by atomic mass is 15.0. The summed E-state index contributed by atoms with van der Waals surface area (Å²) in [7, 11) is 0. The molecule has 0 aliphatic carbocycles. The minimum absolute atomic E-state index is 0.283. The Morgan fingerprint density at radius 3 is 2.38 bits per heavy atom. The van der Waals surface area contributed by atoms with Crippen LogP contribution in [-0.4, -0.2) is 16.5 Å². The van der Waals surface area contributed by atoms with Gasteiger partial charge in [0, 0.05) is 12.4 Å². The lowest BCUT2D eigenvalue weighted by Gasteiger charge is -2.23. The maximum Gasteiger partial charge on any atom is 0.145 e. The molecule has 1 rings (SSSR count). The molecule has 0 bridgehead atoms. The third-order valence-electron chi connectivity index (χ3n) is 2.82. The van der Waals surface area contributed by atoms with Crippen LogP contribution in [-0.2, 0) is 0 Å². The van der Waals surface area contributed by atoms with Crippen LogP contribution < -0.4 is 5.32 Å². The van der Waals surface area contributed by atoms with Gasteiger partial charge >= 0.3 is 0 Å². The second kappa shape index (κ2) is 6.59. The van der Waals surface area contributed by atoms with E-state index in [0.717, 1.165) is 17.9 Å². The molecule has 1 aromatic heterocycles. The van der Waals surface area contributed by atoms with Crippen LogP contribution in [0.25, 0.3) is 0 Å². The molecule has 0 saturated carbocycles. The van der Waals surface area contributed by atoms with E-state index in [1.165, 1.54) is 12.8 Å². The molecule has 0 radical (unpaired) electrons. The summed E-state index contributed by atoms with van der Waals surface area (Å²) in [6, 6.07) is 0.283. The Kier molecular flexibility index (Phi) is 5.39. The monoisotopic (exact) mass is 221 g/mol. The first-order valence-electron chi connectivity index (χ1n) is 6.21. The number of hydrogen-bond acceptors (Lipinski definition) is 3. The smallest absolute Gasteiger partial charge is 0.145 e. The number of hydrogen-bond donors (Lipinski definition) is 1. The topological polar surface area (TPSA) is 37.8 Å². The molecule has 0 spiro atoms. The molecule has 0 aliphatic rings. The zero-order chi connectivity index (χ0) is 12.0. The van der Waals surface area contributed by atoms with E-state index in [1.54, 1.807) is 0 Å². The molecule has 3 heteroatoms. The molecule has 1 heterocycles. The first kappa shape index (κ1) is 13.1. The second-order valence-electron chi connectivity index (χ2n) is 4.42. The zero-order valence-electron chi connectivity index (χ0n) is 10.8. The van der Waals surface area contributed by atoms with Crippen molar-refractivity contribution in [3.05, 3.63) is 23.8 Å². The first-order chi connectivity index (χ1) is 7.69. The summed E-state index contributed by atoms with van der Waals surface area (Å²) in [5.41, 5.74) is 1.11. The number of nitrogens with one attached hydrogen (secondary N) is 1. The van der Waals surface area contributed by atoms with Gasteiger partial charge in [-0.15, -0.1) is 0 Å². The van der Waals surface area contributed by atoms with Gasteiger partial charge in [-0.1, -0.05) is 27.2 Å². The fourth-order valence-electron chi connectivity index (χ4n) is 1.95. The molecule has 16 heavy (non-hydrogen) atoms. The summed E-state index contributed by atoms with van der Waals surface area (Å²) in [5, 5.41) is 3.48. The van der Waals surface area contributed by atoms with E-state index in [1.807, 2.05) is 19.3 Å². The van der Waals surface area contributed by atoms with E-state index < -0.39 is 0 Å². The molecule has 1 N–H and O–H groups in total. The molecule has 0 saturated heterocycles. The molecule has 0 aliphatic heterocycles. The van der Waals surface area contributed by atoms with Crippen molar-refractivity contribution < 1.29 is 0 Å². The zero-order valence-corrected chi connectivity index (χ0v) is 10.8. The lowest BCUT2D eigenvalue weighted by Crippen LogP contribution is -2.28. The molecular weight excluding hydrogens is 198 g/mol. The van der Waals surface area contributed by atoms with Crippen molar-refractivity contribution in [3.63, 3.8) is 0 Å². The lowest BCUT2D eigenvalue weighted by atomic mass is 9.96. The van der Waals surface area contributed by atoms with Gasteiger partial charge in [-0.2, -0.15) is 0 Å². The van der Waals surface area contributed by atoms with Crippen LogP contribution in [0.4, 0.5) is 0 Å². The highest BCUT2D eigenvalue weighted by Gasteiger charge is 2.19. The molecule has 0 amide bonds. The second-order valence-corrected chi connectivity index (χ2v) is 4.42. The van der Waals surface area contributed by atoms with Crippen molar-refractivity contribution in [3.8, 4) is 0 Å². The largest absolute Gasteiger partial charge is 0.307 e. The summed E-state index contributed by atoms with van der Waals surface area (Å²) < 4.78 is 0. The first-order valence-corrected chi connectivity index (χ1v) is 6.21. The lowest BCUT2D eigenvalue weighted by molar-refractivity contribution is 0.354. The molecule has 2 unspecified atom stereocenters. The molecular formula is C13H23N3. The summed E-state index contributed by atoms with van der Waals surface area (Å²) in [4.78, 5) is 8.85. The SMILES string of the molecule is CCCC(C)C(NCC)c1ncc(C)cn1. The Morgan fingerprint density at radius 2 is 1.88 bits per heavy atom. The minimum atomic E-state index is 0.283. The van der Waals surface area contributed by atoms with Gasteiger partial charge in [0.15, 0.2) is 0 Å². The third kappa shape index (κ3) is 3.56. The van der Waals surface area contributed by atoms with Crippen molar-refractivity contribution in [2.45, 2.75) is 46.6 Å². The maximum atomic E-state index is 4.43. The molecule has 90 valence electrons. The summed E-state index contributed by atoms with van der Waals surface area (Å²) in [6.45, 7) is 9.58. The van der Waals surface area contributed by atoms with Crippen molar-refractivity contribution in [1.82, 2.24) is 15.3 Å². The molecule has 1 aromatic rings. The van der Waals surface area contributed by atoms with Crippen LogP contribution in [0.5, 0.6) is 0 Å². The minimum Gasteiger partial charge on any atom is -0.307 e. The quantitative estimate of drug-likeness (QED) is 0.802. The molecule has 3 nitrogen and oxygen atoms in total. The van der Waals surface area contributed by atoms with Crippen LogP contribution >= 0.6 is 0 Å². The van der Waals surface area contributed by atoms with E-state index >= 15 is 0 Å². The molecule has 0 fully saturated rings. The Balaban J connectivity index is 2.79. The normalized spacial score (nSPS) is 14.8. The summed E-state index contributed by atoms with van der Waals surface area (Å²) in [6.07, 6.45) is 6.19. The fraction of sp³-hybridized carbons (Fsp3) is 0.692. The van der Waals surface area contributed by atoms with Crippen LogP contribution in [0.2, 0.25) is 0 Å². The van der Waals surface area contributed by atoms with Crippen molar-refractivity contribution >= 4 is 0 Å². The van der Waals surface area contributed by atoms with Crippen LogP contribution in [0.15, 0.2) is 12.4 Å². The Bertz CT molecular complexity index is 295. The Hall–Kier alpha value is -0.960. The highest BCUT2D eigenvalue weighted by Crippen LogP contribution is 2.22. The van der Waals surface area contributed by atoms with Gasteiger partial charge in [-0.25, -0.2) is 9.97 Å². The maximum absolute atomic E-state index is 4.43. The van der Waals surface area contributed by atoms with Gasteiger partial charge in [-0.3, -0.25) is 0 Å². The molecule has 2 atom stereocenters. The number of rotatable bonds is 6. The van der Waals surface area contributed by atoms with Gasteiger partial charge < -0.3 is 5.32 Å². The predicted octanol–water partition coefficient (Wildman–Crippen LogP) is 2.87. The standard InChI is InChI=1S/C13H23N3/c1-5-7-11(4)12(14-6-2)13-15-8-10(3)9-16-13/h8-9,11-12,14H,5-7H2,1-4H3. The Morgan fingerprint density at radius 1 is 1.25 bits per heavy atom. The van der Waals surface area contributed by atoms with Crippen molar-refractivity contribution in [1.29, 1.82) is 0 Å². The van der Waals surface area contributed by atoms with Crippen LogP contribution in [0.1, 0.15) is 51.0 Å². The fourth-order valence-corrected chi connectivity index (χ4v) is 1.95. The number of aryl methyl sites for hydroxylation is 1. The third-order valence-corrected chi connectivity index (χ3v) is 2.82. The van der Waals surface area contributed by atoms with E-state index in [-0.39, 0.29) is 6.04 Å². The average Bonchev–Trinajstić information content (AvgIpc) is 2.28. The average molecular weight is 221 g/mol. The van der Waals surface area contributed by atoms with E-state index in [2.05, 4.69) is 36.1 Å². The number of aromatic nitrogens is 2. The van der Waals surface area contributed by atoms with Crippen LogP contribution in [0, 0.1) is 12.8 Å². The van der Waals surface area contributed by atoms with Gasteiger partial charge in [-0.05, 0) is 31.4 Å². The highest BCUT2D eigenvalue weighted by molar-refractivity contribution is 5.05. The van der Waals surface area contributed by atoms with Crippen molar-refractivity contribution in [2.75, 3.05) is 6.54 Å². The van der Waals surface area contributed by atoms with Gasteiger partial charge in [0.05, 0.1) is 6.04 Å². The summed E-state index contributed by atoms with van der Waals surface area (Å²) >= 11 is 0. The van der Waals surface area contributed by atoms with Gasteiger partial charge in [0.1, 0.15) is 5.82 Å².